The normalized spacial score (nSPS) is 24.9. The zero-order valence-electron chi connectivity index (χ0n) is 11.8. The highest BCUT2D eigenvalue weighted by molar-refractivity contribution is 5.82. The van der Waals surface area contributed by atoms with Crippen LogP contribution in [0, 0.1) is 5.92 Å². The van der Waals surface area contributed by atoms with Crippen LogP contribution in [-0.2, 0) is 11.3 Å². The third-order valence-corrected chi connectivity index (χ3v) is 3.84. The van der Waals surface area contributed by atoms with Crippen molar-refractivity contribution in [3.8, 4) is 0 Å². The van der Waals surface area contributed by atoms with Gasteiger partial charge in [0, 0.05) is 25.0 Å². The minimum atomic E-state index is -0.0241. The Balaban J connectivity index is 1.79. The molecule has 1 aliphatic rings. The van der Waals surface area contributed by atoms with Gasteiger partial charge in [0.05, 0.1) is 12.4 Å². The number of imidazole rings is 1. The van der Waals surface area contributed by atoms with Crippen LogP contribution >= 0.6 is 0 Å². The molecule has 5 heteroatoms. The molecule has 3 unspecified atom stereocenters. The van der Waals surface area contributed by atoms with E-state index in [1.165, 1.54) is 6.42 Å². The van der Waals surface area contributed by atoms with Crippen molar-refractivity contribution in [3.63, 3.8) is 0 Å². The molecule has 19 heavy (non-hydrogen) atoms. The summed E-state index contributed by atoms with van der Waals surface area (Å²) in [5.41, 5.74) is 0. The van der Waals surface area contributed by atoms with Gasteiger partial charge >= 0.3 is 0 Å². The molecule has 2 N–H and O–H groups in total. The van der Waals surface area contributed by atoms with Crippen molar-refractivity contribution in [2.45, 2.75) is 51.7 Å². The topological polar surface area (TPSA) is 59.0 Å². The first kappa shape index (κ1) is 14.1. The van der Waals surface area contributed by atoms with Gasteiger partial charge < -0.3 is 15.2 Å². The number of amides is 1. The Labute approximate surface area is 114 Å². The van der Waals surface area contributed by atoms with E-state index in [1.54, 1.807) is 12.5 Å². The van der Waals surface area contributed by atoms with Gasteiger partial charge in [-0.25, -0.2) is 4.98 Å². The van der Waals surface area contributed by atoms with Crippen LogP contribution in [0.2, 0.25) is 0 Å². The van der Waals surface area contributed by atoms with Gasteiger partial charge in [-0.3, -0.25) is 4.79 Å². The summed E-state index contributed by atoms with van der Waals surface area (Å²) in [6.45, 7) is 5.94. The molecule has 0 radical (unpaired) electrons. The standard InChI is InChI=1S/C14H24N4O/c1-3-12-4-5-16-13(8-12)14(19)17-11(2)9-18-7-6-15-10-18/h6-7,10-13,16H,3-5,8-9H2,1-2H3,(H,17,19). The second-order valence-electron chi connectivity index (χ2n) is 5.47. The van der Waals surface area contributed by atoms with Gasteiger partial charge in [0.2, 0.25) is 5.91 Å². The number of nitrogens with one attached hydrogen (secondary N) is 2. The summed E-state index contributed by atoms with van der Waals surface area (Å²) in [7, 11) is 0. The number of aromatic nitrogens is 2. The van der Waals surface area contributed by atoms with E-state index in [4.69, 9.17) is 0 Å². The minimum Gasteiger partial charge on any atom is -0.350 e. The summed E-state index contributed by atoms with van der Waals surface area (Å²) >= 11 is 0. The number of rotatable bonds is 5. The molecule has 0 saturated carbocycles. The number of nitrogens with zero attached hydrogens (tertiary/aromatic N) is 2. The molecular formula is C14H24N4O. The van der Waals surface area contributed by atoms with Crippen LogP contribution in [-0.4, -0.2) is 34.1 Å². The van der Waals surface area contributed by atoms with Crippen LogP contribution in [0.4, 0.5) is 0 Å². The third-order valence-electron chi connectivity index (χ3n) is 3.84. The highest BCUT2D eigenvalue weighted by atomic mass is 16.2. The molecule has 1 amide bonds. The van der Waals surface area contributed by atoms with Gasteiger partial charge in [0.1, 0.15) is 0 Å². The first-order valence-corrected chi connectivity index (χ1v) is 7.18. The van der Waals surface area contributed by atoms with Crippen molar-refractivity contribution in [2.24, 2.45) is 5.92 Å². The van der Waals surface area contributed by atoms with Gasteiger partial charge in [-0.1, -0.05) is 13.3 Å². The lowest BCUT2D eigenvalue weighted by Crippen LogP contribution is -2.51. The van der Waals surface area contributed by atoms with E-state index >= 15 is 0 Å². The van der Waals surface area contributed by atoms with Crippen molar-refractivity contribution in [1.29, 1.82) is 0 Å². The summed E-state index contributed by atoms with van der Waals surface area (Å²) in [5.74, 6) is 0.812. The van der Waals surface area contributed by atoms with Gasteiger partial charge in [-0.05, 0) is 32.2 Å². The Bertz CT molecular complexity index is 390. The fraction of sp³-hybridized carbons (Fsp3) is 0.714. The lowest BCUT2D eigenvalue weighted by Gasteiger charge is -2.29. The zero-order chi connectivity index (χ0) is 13.7. The first-order valence-electron chi connectivity index (χ1n) is 7.18. The summed E-state index contributed by atoms with van der Waals surface area (Å²) in [5, 5.41) is 6.40. The predicted octanol–water partition coefficient (Wildman–Crippen LogP) is 1.17. The largest absolute Gasteiger partial charge is 0.350 e. The Kier molecular flexibility index (Phi) is 4.96. The highest BCUT2D eigenvalue weighted by Gasteiger charge is 2.26. The lowest BCUT2D eigenvalue weighted by atomic mass is 9.90. The van der Waals surface area contributed by atoms with Gasteiger partial charge in [-0.15, -0.1) is 0 Å². The van der Waals surface area contributed by atoms with Gasteiger partial charge in [0.25, 0.3) is 0 Å². The number of carbonyl (C=O) groups is 1. The molecule has 1 aliphatic heterocycles. The molecule has 0 spiro atoms. The summed E-state index contributed by atoms with van der Waals surface area (Å²) in [4.78, 5) is 16.2. The van der Waals surface area contributed by atoms with Gasteiger partial charge in [0.15, 0.2) is 0 Å². The van der Waals surface area contributed by atoms with Crippen molar-refractivity contribution >= 4 is 5.91 Å². The number of piperidine rings is 1. The van der Waals surface area contributed by atoms with Crippen molar-refractivity contribution < 1.29 is 4.79 Å². The van der Waals surface area contributed by atoms with Crippen LogP contribution < -0.4 is 10.6 Å². The average Bonchev–Trinajstić information content (AvgIpc) is 2.91. The van der Waals surface area contributed by atoms with Crippen molar-refractivity contribution in [1.82, 2.24) is 20.2 Å². The Hall–Kier alpha value is -1.36. The molecule has 106 valence electrons. The Morgan fingerprint density at radius 2 is 2.47 bits per heavy atom. The van der Waals surface area contributed by atoms with Crippen molar-refractivity contribution in [2.75, 3.05) is 6.54 Å². The maximum Gasteiger partial charge on any atom is 0.237 e. The third kappa shape index (κ3) is 4.06. The van der Waals surface area contributed by atoms with Gasteiger partial charge in [-0.2, -0.15) is 0 Å². The summed E-state index contributed by atoms with van der Waals surface area (Å²) < 4.78 is 1.98. The number of hydrogen-bond acceptors (Lipinski definition) is 3. The maximum atomic E-state index is 12.2. The van der Waals surface area contributed by atoms with Crippen LogP contribution in [0.3, 0.4) is 0 Å². The highest BCUT2D eigenvalue weighted by Crippen LogP contribution is 2.19. The first-order chi connectivity index (χ1) is 9.19. The molecule has 3 atom stereocenters. The molecule has 1 aromatic rings. The summed E-state index contributed by atoms with van der Waals surface area (Å²) in [6.07, 6.45) is 8.74. The van der Waals surface area contributed by atoms with E-state index in [2.05, 4.69) is 22.5 Å². The van der Waals surface area contributed by atoms with E-state index in [0.29, 0.717) is 5.92 Å². The quantitative estimate of drug-likeness (QED) is 0.839. The fourth-order valence-corrected chi connectivity index (χ4v) is 2.67. The van der Waals surface area contributed by atoms with E-state index in [1.807, 2.05) is 17.7 Å². The number of hydrogen-bond donors (Lipinski definition) is 2. The predicted molar refractivity (Wildman–Crippen MR) is 74.6 cm³/mol. The molecule has 0 bridgehead atoms. The van der Waals surface area contributed by atoms with E-state index in [9.17, 15) is 4.79 Å². The molecule has 0 aromatic carbocycles. The smallest absolute Gasteiger partial charge is 0.237 e. The zero-order valence-corrected chi connectivity index (χ0v) is 11.8. The molecule has 2 heterocycles. The monoisotopic (exact) mass is 264 g/mol. The second-order valence-corrected chi connectivity index (χ2v) is 5.47. The fourth-order valence-electron chi connectivity index (χ4n) is 2.67. The van der Waals surface area contributed by atoms with Crippen LogP contribution in [0.15, 0.2) is 18.7 Å². The maximum absolute atomic E-state index is 12.2. The van der Waals surface area contributed by atoms with E-state index < -0.39 is 0 Å². The average molecular weight is 264 g/mol. The van der Waals surface area contributed by atoms with E-state index in [-0.39, 0.29) is 18.0 Å². The number of carbonyl (C=O) groups excluding carboxylic acids is 1. The molecule has 1 fully saturated rings. The molecule has 2 rings (SSSR count). The van der Waals surface area contributed by atoms with Crippen molar-refractivity contribution in [3.05, 3.63) is 18.7 Å². The van der Waals surface area contributed by atoms with E-state index in [0.717, 1.165) is 25.9 Å². The molecular weight excluding hydrogens is 240 g/mol. The SMILES string of the molecule is CCC1CCNC(C(=O)NC(C)Cn2ccnc2)C1. The van der Waals surface area contributed by atoms with Crippen LogP contribution in [0.1, 0.15) is 33.1 Å². The lowest BCUT2D eigenvalue weighted by molar-refractivity contribution is -0.124. The van der Waals surface area contributed by atoms with Crippen LogP contribution in [0.5, 0.6) is 0 Å². The second kappa shape index (κ2) is 6.70. The Morgan fingerprint density at radius 3 is 3.16 bits per heavy atom. The molecule has 0 aliphatic carbocycles. The molecule has 1 saturated heterocycles. The minimum absolute atomic E-state index is 0.0241. The summed E-state index contributed by atoms with van der Waals surface area (Å²) in [6, 6.07) is 0.0921. The molecule has 1 aromatic heterocycles. The van der Waals surface area contributed by atoms with Crippen LogP contribution in [0.25, 0.3) is 0 Å². The Morgan fingerprint density at radius 1 is 1.63 bits per heavy atom. The molecule has 5 nitrogen and oxygen atoms in total.